The molecule has 0 aliphatic heterocycles. The molecule has 2 rings (SSSR count). The van der Waals surface area contributed by atoms with E-state index in [2.05, 4.69) is 23.2 Å². The van der Waals surface area contributed by atoms with Crippen molar-refractivity contribution in [2.24, 2.45) is 0 Å². The van der Waals surface area contributed by atoms with Crippen molar-refractivity contribution in [3.05, 3.63) is 59.3 Å². The maximum Gasteiger partial charge on any atom is 0.124 e. The molecule has 0 radical (unpaired) electrons. The number of nitrogens with zero attached hydrogens (tertiary/aromatic N) is 1. The van der Waals surface area contributed by atoms with Gasteiger partial charge in [-0.3, -0.25) is 0 Å². The highest BCUT2D eigenvalue weighted by atomic mass is 14.8. The molecule has 0 atom stereocenters. The number of nitrogen functional groups attached to an aromatic ring is 1. The molecule has 0 saturated carbocycles. The Hall–Kier alpha value is -2.09. The molecule has 16 heavy (non-hydrogen) atoms. The van der Waals surface area contributed by atoms with E-state index >= 15 is 0 Å². The molecule has 0 spiro atoms. The number of aryl methyl sites for hydroxylation is 1. The molecule has 0 amide bonds. The molecule has 0 aliphatic rings. The predicted octanol–water partition coefficient (Wildman–Crippen LogP) is 3.14. The van der Waals surface area contributed by atoms with Crippen LogP contribution in [0.3, 0.4) is 0 Å². The Labute approximate surface area is 95.5 Å². The summed E-state index contributed by atoms with van der Waals surface area (Å²) in [7, 11) is 0. The van der Waals surface area contributed by atoms with Gasteiger partial charge in [0, 0.05) is 5.69 Å². The summed E-state index contributed by atoms with van der Waals surface area (Å²) >= 11 is 0. The van der Waals surface area contributed by atoms with Crippen LogP contribution in [0.2, 0.25) is 0 Å². The first-order valence-electron chi connectivity index (χ1n) is 5.21. The minimum Gasteiger partial charge on any atom is -0.384 e. The number of benzene rings is 1. The minimum absolute atomic E-state index is 0.563. The summed E-state index contributed by atoms with van der Waals surface area (Å²) in [6.45, 7) is 1.94. The Kier molecular flexibility index (Phi) is 3.01. The van der Waals surface area contributed by atoms with Crippen LogP contribution in [-0.2, 0) is 0 Å². The van der Waals surface area contributed by atoms with Gasteiger partial charge in [-0.15, -0.1) is 0 Å². The Morgan fingerprint density at radius 2 is 1.69 bits per heavy atom. The summed E-state index contributed by atoms with van der Waals surface area (Å²) in [5.74, 6) is 0.563. The Morgan fingerprint density at radius 1 is 1.00 bits per heavy atom. The second kappa shape index (κ2) is 4.62. The third kappa shape index (κ3) is 2.70. The first-order chi connectivity index (χ1) is 7.74. The molecule has 0 fully saturated rings. The molecule has 2 nitrogen and oxygen atoms in total. The molecule has 0 unspecified atom stereocenters. The maximum atomic E-state index is 5.68. The van der Waals surface area contributed by atoms with E-state index < -0.39 is 0 Å². The summed E-state index contributed by atoms with van der Waals surface area (Å²) in [4.78, 5) is 4.13. The average Bonchev–Trinajstić information content (AvgIpc) is 2.27. The first-order valence-corrected chi connectivity index (χ1v) is 5.21. The van der Waals surface area contributed by atoms with Crippen LogP contribution in [0.1, 0.15) is 16.8 Å². The van der Waals surface area contributed by atoms with Crippen LogP contribution in [0, 0.1) is 6.92 Å². The van der Waals surface area contributed by atoms with Crippen molar-refractivity contribution < 1.29 is 0 Å². The van der Waals surface area contributed by atoms with Crippen molar-refractivity contribution in [2.45, 2.75) is 6.92 Å². The van der Waals surface area contributed by atoms with E-state index in [0.717, 1.165) is 11.3 Å². The van der Waals surface area contributed by atoms with E-state index in [1.807, 2.05) is 43.3 Å². The summed E-state index contributed by atoms with van der Waals surface area (Å²) in [5.41, 5.74) is 8.88. The summed E-state index contributed by atoms with van der Waals surface area (Å²) in [6.07, 6.45) is 4.11. The zero-order chi connectivity index (χ0) is 11.4. The van der Waals surface area contributed by atoms with Crippen molar-refractivity contribution in [3.63, 3.8) is 0 Å². The van der Waals surface area contributed by atoms with Gasteiger partial charge in [0.1, 0.15) is 5.82 Å². The number of nitrogens with two attached hydrogens (primary N) is 1. The van der Waals surface area contributed by atoms with E-state index in [-0.39, 0.29) is 0 Å². The number of aromatic nitrogens is 1. The lowest BCUT2D eigenvalue weighted by Gasteiger charge is -1.99. The second-order valence-electron chi connectivity index (χ2n) is 3.71. The lowest BCUT2D eigenvalue weighted by atomic mass is 10.1. The van der Waals surface area contributed by atoms with Gasteiger partial charge in [-0.25, -0.2) is 4.98 Å². The fraction of sp³-hybridized carbons (Fsp3) is 0.0714. The molecule has 0 bridgehead atoms. The van der Waals surface area contributed by atoms with E-state index in [1.54, 1.807) is 0 Å². The van der Waals surface area contributed by atoms with Gasteiger partial charge in [0.05, 0.1) is 0 Å². The van der Waals surface area contributed by atoms with Gasteiger partial charge in [0.25, 0.3) is 0 Å². The van der Waals surface area contributed by atoms with Crippen molar-refractivity contribution >= 4 is 18.0 Å². The second-order valence-corrected chi connectivity index (χ2v) is 3.71. The van der Waals surface area contributed by atoms with Gasteiger partial charge in [-0.1, -0.05) is 42.5 Å². The molecule has 2 N–H and O–H groups in total. The van der Waals surface area contributed by atoms with Gasteiger partial charge in [-0.2, -0.15) is 0 Å². The van der Waals surface area contributed by atoms with Gasteiger partial charge < -0.3 is 5.73 Å². The lowest BCUT2D eigenvalue weighted by molar-refractivity contribution is 1.21. The monoisotopic (exact) mass is 210 g/mol. The van der Waals surface area contributed by atoms with Gasteiger partial charge >= 0.3 is 0 Å². The quantitative estimate of drug-likeness (QED) is 0.827. The number of rotatable bonds is 2. The molecule has 0 saturated heterocycles. The Morgan fingerprint density at radius 3 is 2.38 bits per heavy atom. The smallest absolute Gasteiger partial charge is 0.124 e. The van der Waals surface area contributed by atoms with Crippen LogP contribution in [0.5, 0.6) is 0 Å². The van der Waals surface area contributed by atoms with Crippen molar-refractivity contribution in [3.8, 4) is 0 Å². The fourth-order valence-electron chi connectivity index (χ4n) is 1.57. The minimum atomic E-state index is 0.563. The molecule has 2 heteroatoms. The van der Waals surface area contributed by atoms with E-state index in [0.29, 0.717) is 5.82 Å². The molecule has 80 valence electrons. The first kappa shape index (κ1) is 10.4. The van der Waals surface area contributed by atoms with Crippen molar-refractivity contribution in [1.82, 2.24) is 4.98 Å². The lowest BCUT2D eigenvalue weighted by Crippen LogP contribution is -1.92. The Bertz CT molecular complexity index is 481. The number of anilines is 1. The summed E-state index contributed by atoms with van der Waals surface area (Å²) in [6, 6.07) is 14.0. The third-order valence-corrected chi connectivity index (χ3v) is 2.26. The predicted molar refractivity (Wildman–Crippen MR) is 68.8 cm³/mol. The molecule has 1 aromatic carbocycles. The zero-order valence-electron chi connectivity index (χ0n) is 9.22. The number of pyridine rings is 1. The van der Waals surface area contributed by atoms with Crippen LogP contribution < -0.4 is 5.73 Å². The highest BCUT2D eigenvalue weighted by Gasteiger charge is 1.93. The largest absolute Gasteiger partial charge is 0.384 e. The molecule has 2 aromatic rings. The molecule has 1 aromatic heterocycles. The van der Waals surface area contributed by atoms with Gasteiger partial charge in [0.15, 0.2) is 0 Å². The van der Waals surface area contributed by atoms with E-state index in [4.69, 9.17) is 5.73 Å². The normalized spacial score (nSPS) is 10.8. The number of hydrogen-bond donors (Lipinski definition) is 1. The SMILES string of the molecule is Cc1cc(C=Cc2ccccc2)cc(N)n1. The summed E-state index contributed by atoms with van der Waals surface area (Å²) in [5, 5.41) is 0. The van der Waals surface area contributed by atoms with Crippen LogP contribution in [0.25, 0.3) is 12.2 Å². The van der Waals surface area contributed by atoms with Gasteiger partial charge in [0.2, 0.25) is 0 Å². The molecular weight excluding hydrogens is 196 g/mol. The molecule has 1 heterocycles. The van der Waals surface area contributed by atoms with Crippen LogP contribution in [-0.4, -0.2) is 4.98 Å². The zero-order valence-corrected chi connectivity index (χ0v) is 9.22. The van der Waals surface area contributed by atoms with E-state index in [1.165, 1.54) is 5.56 Å². The van der Waals surface area contributed by atoms with Crippen LogP contribution in [0.15, 0.2) is 42.5 Å². The average molecular weight is 210 g/mol. The Balaban J connectivity index is 2.24. The van der Waals surface area contributed by atoms with Crippen LogP contribution in [0.4, 0.5) is 5.82 Å². The molecular formula is C14H14N2. The summed E-state index contributed by atoms with van der Waals surface area (Å²) < 4.78 is 0. The van der Waals surface area contributed by atoms with E-state index in [9.17, 15) is 0 Å². The van der Waals surface area contributed by atoms with Gasteiger partial charge in [-0.05, 0) is 30.2 Å². The molecule has 0 aliphatic carbocycles. The maximum absolute atomic E-state index is 5.68. The highest BCUT2D eigenvalue weighted by molar-refractivity contribution is 5.70. The van der Waals surface area contributed by atoms with Crippen molar-refractivity contribution in [1.29, 1.82) is 0 Å². The topological polar surface area (TPSA) is 38.9 Å². The third-order valence-electron chi connectivity index (χ3n) is 2.26. The standard InChI is InChI=1S/C14H14N2/c1-11-9-13(10-14(15)16-11)8-7-12-5-3-2-4-6-12/h2-10H,1H3,(H2,15,16). The highest BCUT2D eigenvalue weighted by Crippen LogP contribution is 2.11. The van der Waals surface area contributed by atoms with Crippen molar-refractivity contribution in [2.75, 3.05) is 5.73 Å². The number of hydrogen-bond acceptors (Lipinski definition) is 2. The van der Waals surface area contributed by atoms with Crippen LogP contribution >= 0.6 is 0 Å². The fourth-order valence-corrected chi connectivity index (χ4v) is 1.57.